The third kappa shape index (κ3) is 2.57. The van der Waals surface area contributed by atoms with Gasteiger partial charge in [0.05, 0.1) is 0 Å². The van der Waals surface area contributed by atoms with E-state index in [0.717, 1.165) is 37.3 Å². The molecule has 0 aliphatic carbocycles. The van der Waals surface area contributed by atoms with E-state index in [2.05, 4.69) is 32.8 Å². The Morgan fingerprint density at radius 3 is 2.93 bits per heavy atom. The van der Waals surface area contributed by atoms with Crippen molar-refractivity contribution in [3.8, 4) is 0 Å². The minimum atomic E-state index is 0.855. The average Bonchev–Trinajstić information content (AvgIpc) is 2.23. The monoisotopic (exact) mass is 252 g/mol. The molecule has 1 aliphatic rings. The summed E-state index contributed by atoms with van der Waals surface area (Å²) in [4.78, 5) is 6.66. The molecule has 0 unspecified atom stereocenters. The van der Waals surface area contributed by atoms with Crippen LogP contribution in [-0.2, 0) is 11.3 Å². The molecule has 14 heavy (non-hydrogen) atoms. The zero-order valence-electron chi connectivity index (χ0n) is 8.02. The molecule has 2 rings (SSSR count). The van der Waals surface area contributed by atoms with Gasteiger partial charge in [-0.05, 0) is 0 Å². The van der Waals surface area contributed by atoms with Gasteiger partial charge in [-0.2, -0.15) is 0 Å². The van der Waals surface area contributed by atoms with Gasteiger partial charge >= 0.3 is 92.7 Å². The summed E-state index contributed by atoms with van der Waals surface area (Å²) in [5.41, 5.74) is 1.30. The van der Waals surface area contributed by atoms with Gasteiger partial charge in [0.1, 0.15) is 0 Å². The summed E-state index contributed by atoms with van der Waals surface area (Å²) >= 11 is 2.53. The SMILES string of the molecule is [As]c1ncccc1CN1CCOCC1. The number of rotatable bonds is 2. The predicted molar refractivity (Wildman–Crippen MR) is 55.7 cm³/mol. The molecule has 0 N–H and O–H groups in total. The number of pyridine rings is 1. The van der Waals surface area contributed by atoms with Gasteiger partial charge < -0.3 is 0 Å². The van der Waals surface area contributed by atoms with E-state index in [1.807, 2.05) is 12.3 Å². The molecule has 3 nitrogen and oxygen atoms in total. The summed E-state index contributed by atoms with van der Waals surface area (Å²) in [7, 11) is 0. The summed E-state index contributed by atoms with van der Waals surface area (Å²) in [6, 6.07) is 4.13. The number of hydrogen-bond donors (Lipinski definition) is 0. The van der Waals surface area contributed by atoms with Crippen LogP contribution in [0.4, 0.5) is 0 Å². The summed E-state index contributed by atoms with van der Waals surface area (Å²) < 4.78 is 6.38. The number of ether oxygens (including phenoxy) is 1. The van der Waals surface area contributed by atoms with Crippen LogP contribution in [0, 0.1) is 0 Å². The second-order valence-electron chi connectivity index (χ2n) is 3.37. The van der Waals surface area contributed by atoms with Gasteiger partial charge in [-0.15, -0.1) is 0 Å². The first kappa shape index (κ1) is 10.2. The topological polar surface area (TPSA) is 25.4 Å². The molecule has 74 valence electrons. The summed E-state index contributed by atoms with van der Waals surface area (Å²) in [5.74, 6) is 0. The maximum atomic E-state index is 5.31. The van der Waals surface area contributed by atoms with E-state index in [1.54, 1.807) is 0 Å². The van der Waals surface area contributed by atoms with Crippen LogP contribution in [0.25, 0.3) is 0 Å². The van der Waals surface area contributed by atoms with Crippen LogP contribution in [-0.4, -0.2) is 53.0 Å². The van der Waals surface area contributed by atoms with E-state index < -0.39 is 0 Å². The second-order valence-corrected chi connectivity index (χ2v) is 4.26. The van der Waals surface area contributed by atoms with Crippen molar-refractivity contribution in [2.45, 2.75) is 6.54 Å². The van der Waals surface area contributed by atoms with Crippen molar-refractivity contribution < 1.29 is 4.74 Å². The Kier molecular flexibility index (Phi) is 3.57. The standard InChI is InChI=1S/C10H13AsN2O/c11-10-9(2-1-3-12-10)8-13-4-6-14-7-5-13/h1-3H,4-8H2. The van der Waals surface area contributed by atoms with Gasteiger partial charge in [-0.1, -0.05) is 0 Å². The Labute approximate surface area is 93.0 Å². The number of morpholine rings is 1. The van der Waals surface area contributed by atoms with Gasteiger partial charge in [0, 0.05) is 0 Å². The predicted octanol–water partition coefficient (Wildman–Crippen LogP) is -0.292. The minimum absolute atomic E-state index is 0.855. The molecular formula is C10H13AsN2O. The molecule has 0 bridgehead atoms. The molecule has 2 heterocycles. The van der Waals surface area contributed by atoms with E-state index in [9.17, 15) is 0 Å². The summed E-state index contributed by atoms with van der Waals surface area (Å²) in [6.07, 6.45) is 1.83. The van der Waals surface area contributed by atoms with Crippen molar-refractivity contribution in [2.24, 2.45) is 0 Å². The molecule has 1 aromatic heterocycles. The van der Waals surface area contributed by atoms with Gasteiger partial charge in [0.25, 0.3) is 0 Å². The Bertz CT molecular complexity index is 300. The van der Waals surface area contributed by atoms with Gasteiger partial charge in [-0.3, -0.25) is 0 Å². The third-order valence-electron chi connectivity index (χ3n) is 2.37. The van der Waals surface area contributed by atoms with E-state index >= 15 is 0 Å². The van der Waals surface area contributed by atoms with Gasteiger partial charge in [0.15, 0.2) is 0 Å². The molecule has 0 atom stereocenters. The molecule has 0 amide bonds. The first-order valence-corrected chi connectivity index (χ1v) is 5.73. The molecule has 4 heteroatoms. The van der Waals surface area contributed by atoms with E-state index in [-0.39, 0.29) is 0 Å². The van der Waals surface area contributed by atoms with Crippen LogP contribution in [0.1, 0.15) is 5.56 Å². The van der Waals surface area contributed by atoms with Crippen molar-refractivity contribution in [3.05, 3.63) is 23.9 Å². The van der Waals surface area contributed by atoms with Crippen molar-refractivity contribution in [3.63, 3.8) is 0 Å². The fourth-order valence-electron chi connectivity index (χ4n) is 1.55. The van der Waals surface area contributed by atoms with Gasteiger partial charge in [0.2, 0.25) is 0 Å². The fraction of sp³-hybridized carbons (Fsp3) is 0.500. The van der Waals surface area contributed by atoms with Crippen molar-refractivity contribution in [2.75, 3.05) is 26.3 Å². The summed E-state index contributed by atoms with van der Waals surface area (Å²) in [6.45, 7) is 4.76. The quantitative estimate of drug-likeness (QED) is 0.676. The van der Waals surface area contributed by atoms with Crippen LogP contribution in [0.5, 0.6) is 0 Å². The molecule has 1 aromatic rings. The Hall–Kier alpha value is -0.372. The van der Waals surface area contributed by atoms with Crippen LogP contribution >= 0.6 is 0 Å². The van der Waals surface area contributed by atoms with Crippen LogP contribution in [0.2, 0.25) is 0 Å². The maximum absolute atomic E-state index is 5.31. The fourth-order valence-corrected chi connectivity index (χ4v) is 2.00. The van der Waals surface area contributed by atoms with Crippen LogP contribution in [0.15, 0.2) is 18.3 Å². The van der Waals surface area contributed by atoms with E-state index in [4.69, 9.17) is 4.74 Å². The van der Waals surface area contributed by atoms with Crippen molar-refractivity contribution >= 4 is 21.3 Å². The molecule has 1 fully saturated rings. The molecule has 0 spiro atoms. The van der Waals surface area contributed by atoms with E-state index in [0.29, 0.717) is 0 Å². The third-order valence-corrected chi connectivity index (χ3v) is 3.21. The average molecular weight is 252 g/mol. The molecule has 1 aliphatic heterocycles. The normalized spacial score (nSPS) is 18.4. The Balaban J connectivity index is 1.99. The van der Waals surface area contributed by atoms with E-state index in [1.165, 1.54) is 5.56 Å². The molecular weight excluding hydrogens is 239 g/mol. The molecule has 2 radical (unpaired) electrons. The second kappa shape index (κ2) is 4.92. The number of aromatic nitrogens is 1. The van der Waals surface area contributed by atoms with Crippen molar-refractivity contribution in [1.82, 2.24) is 9.88 Å². The first-order chi connectivity index (χ1) is 6.86. The van der Waals surface area contributed by atoms with Gasteiger partial charge in [-0.25, -0.2) is 0 Å². The zero-order valence-corrected chi connectivity index (χ0v) is 9.89. The van der Waals surface area contributed by atoms with Crippen LogP contribution < -0.4 is 4.48 Å². The number of hydrogen-bond acceptors (Lipinski definition) is 3. The molecule has 0 saturated carbocycles. The molecule has 1 saturated heterocycles. The molecule has 0 aromatic carbocycles. The first-order valence-electron chi connectivity index (χ1n) is 4.79. The number of nitrogens with zero attached hydrogens (tertiary/aromatic N) is 2. The Morgan fingerprint density at radius 1 is 1.43 bits per heavy atom. The van der Waals surface area contributed by atoms with Crippen LogP contribution in [0.3, 0.4) is 0 Å². The zero-order chi connectivity index (χ0) is 9.80. The summed E-state index contributed by atoms with van der Waals surface area (Å²) in [5, 5.41) is 0. The Morgan fingerprint density at radius 2 is 2.21 bits per heavy atom. The van der Waals surface area contributed by atoms with Crippen molar-refractivity contribution in [1.29, 1.82) is 0 Å².